The minimum atomic E-state index is 0.341. The fourth-order valence-electron chi connectivity index (χ4n) is 3.61. The molecule has 1 aromatic carbocycles. The average molecular weight is 405 g/mol. The molecule has 1 spiro atoms. The zero-order chi connectivity index (χ0) is 14.2. The molecule has 0 aromatic heterocycles. The lowest BCUT2D eigenvalue weighted by molar-refractivity contribution is 0.200. The van der Waals surface area contributed by atoms with Gasteiger partial charge in [0, 0.05) is 33.3 Å². The molecule has 4 heteroatoms. The van der Waals surface area contributed by atoms with Gasteiger partial charge in [-0.3, -0.25) is 0 Å². The lowest BCUT2D eigenvalue weighted by atomic mass is 9.79. The van der Waals surface area contributed by atoms with E-state index in [9.17, 15) is 0 Å². The normalized spacial score (nSPS) is 25.9. The molecule has 1 saturated heterocycles. The molecule has 2 aliphatic rings. The van der Waals surface area contributed by atoms with E-state index >= 15 is 0 Å². The van der Waals surface area contributed by atoms with Crippen LogP contribution >= 0.6 is 34.2 Å². The Balaban J connectivity index is 1.86. The quantitative estimate of drug-likeness (QED) is 0.696. The average Bonchev–Trinajstić information content (AvgIpc) is 2.43. The van der Waals surface area contributed by atoms with E-state index in [0.29, 0.717) is 11.6 Å². The third-order valence-corrected chi connectivity index (χ3v) is 5.91. The lowest BCUT2D eigenvalue weighted by Crippen LogP contribution is -2.64. The van der Waals surface area contributed by atoms with Gasteiger partial charge in [-0.2, -0.15) is 0 Å². The number of hydrogen-bond donors (Lipinski definition) is 1. The van der Waals surface area contributed by atoms with Crippen LogP contribution in [0.1, 0.15) is 39.0 Å². The summed E-state index contributed by atoms with van der Waals surface area (Å²) < 4.78 is 1.26. The second-order valence-electron chi connectivity index (χ2n) is 6.29. The molecule has 1 aliphatic heterocycles. The lowest BCUT2D eigenvalue weighted by Gasteiger charge is -2.50. The molecule has 1 saturated carbocycles. The smallest absolute Gasteiger partial charge is 0.0506 e. The van der Waals surface area contributed by atoms with Gasteiger partial charge in [-0.15, -0.1) is 0 Å². The molecule has 2 fully saturated rings. The Hall–Kier alpha value is -0.000000000000000111. The molecule has 1 atom stereocenters. The van der Waals surface area contributed by atoms with E-state index in [4.69, 9.17) is 11.6 Å². The molecule has 0 amide bonds. The molecule has 1 aliphatic carbocycles. The van der Waals surface area contributed by atoms with Crippen molar-refractivity contribution in [3.63, 3.8) is 0 Å². The molecule has 110 valence electrons. The molecule has 1 heterocycles. The van der Waals surface area contributed by atoms with Crippen molar-refractivity contribution in [3.05, 3.63) is 26.8 Å². The third kappa shape index (κ3) is 2.95. The van der Waals surface area contributed by atoms with Crippen LogP contribution in [-0.2, 0) is 0 Å². The molecular weight excluding hydrogens is 383 g/mol. The minimum Gasteiger partial charge on any atom is -0.365 e. The van der Waals surface area contributed by atoms with Crippen molar-refractivity contribution < 1.29 is 0 Å². The SMILES string of the molecule is CC1CNC2(CCCCC2)CN1c1ccc(Cl)cc1I. The Labute approximate surface area is 140 Å². The standard InChI is InChI=1S/C16H22ClIN2/c1-12-10-19-16(7-3-2-4-8-16)11-20(12)15-6-5-13(17)9-14(15)18/h5-6,9,12,19H,2-4,7-8,10-11H2,1H3. The van der Waals surface area contributed by atoms with Gasteiger partial charge in [0.1, 0.15) is 0 Å². The molecule has 1 N–H and O–H groups in total. The van der Waals surface area contributed by atoms with Gasteiger partial charge in [-0.1, -0.05) is 30.9 Å². The van der Waals surface area contributed by atoms with Crippen molar-refractivity contribution in [2.45, 2.75) is 50.6 Å². The number of rotatable bonds is 1. The highest BCUT2D eigenvalue weighted by Crippen LogP contribution is 2.35. The Morgan fingerprint density at radius 2 is 2.05 bits per heavy atom. The number of piperazine rings is 1. The van der Waals surface area contributed by atoms with Gasteiger partial charge in [-0.05, 0) is 60.6 Å². The number of halogens is 2. The molecular formula is C16H22ClIN2. The fraction of sp³-hybridized carbons (Fsp3) is 0.625. The van der Waals surface area contributed by atoms with Gasteiger partial charge in [0.15, 0.2) is 0 Å². The highest BCUT2D eigenvalue weighted by molar-refractivity contribution is 14.1. The van der Waals surface area contributed by atoms with Crippen LogP contribution in [0.3, 0.4) is 0 Å². The Kier molecular flexibility index (Phi) is 4.48. The van der Waals surface area contributed by atoms with E-state index in [1.807, 2.05) is 6.07 Å². The maximum atomic E-state index is 6.10. The molecule has 1 aromatic rings. The van der Waals surface area contributed by atoms with Crippen molar-refractivity contribution in [2.24, 2.45) is 0 Å². The van der Waals surface area contributed by atoms with Crippen LogP contribution in [0.15, 0.2) is 18.2 Å². The van der Waals surface area contributed by atoms with Gasteiger partial charge >= 0.3 is 0 Å². The van der Waals surface area contributed by atoms with Crippen molar-refractivity contribution in [3.8, 4) is 0 Å². The van der Waals surface area contributed by atoms with E-state index in [2.05, 4.69) is 51.9 Å². The van der Waals surface area contributed by atoms with Gasteiger partial charge < -0.3 is 10.2 Å². The zero-order valence-corrected chi connectivity index (χ0v) is 14.9. The summed E-state index contributed by atoms with van der Waals surface area (Å²) in [6.07, 6.45) is 6.78. The van der Waals surface area contributed by atoms with E-state index in [0.717, 1.165) is 18.1 Å². The van der Waals surface area contributed by atoms with Crippen LogP contribution in [0.2, 0.25) is 5.02 Å². The number of hydrogen-bond acceptors (Lipinski definition) is 2. The van der Waals surface area contributed by atoms with Crippen molar-refractivity contribution in [1.82, 2.24) is 5.32 Å². The number of anilines is 1. The molecule has 0 radical (unpaired) electrons. The predicted octanol–water partition coefficient (Wildman–Crippen LogP) is 4.45. The number of nitrogens with zero attached hydrogens (tertiary/aromatic N) is 1. The first-order chi connectivity index (χ1) is 9.60. The van der Waals surface area contributed by atoms with Crippen LogP contribution in [-0.4, -0.2) is 24.7 Å². The summed E-state index contributed by atoms with van der Waals surface area (Å²) in [5, 5.41) is 4.67. The molecule has 3 rings (SSSR count). The Morgan fingerprint density at radius 1 is 1.30 bits per heavy atom. The fourth-order valence-corrected chi connectivity index (χ4v) is 4.79. The van der Waals surface area contributed by atoms with Gasteiger partial charge in [-0.25, -0.2) is 0 Å². The summed E-state index contributed by atoms with van der Waals surface area (Å²) >= 11 is 8.51. The van der Waals surface area contributed by atoms with Crippen molar-refractivity contribution >= 4 is 39.9 Å². The summed E-state index contributed by atoms with van der Waals surface area (Å²) in [4.78, 5) is 2.58. The second kappa shape index (κ2) is 6.01. The third-order valence-electron chi connectivity index (χ3n) is 4.81. The Bertz CT molecular complexity index is 485. The van der Waals surface area contributed by atoms with E-state index in [1.165, 1.54) is 41.4 Å². The summed E-state index contributed by atoms with van der Waals surface area (Å²) in [6, 6.07) is 6.81. The zero-order valence-electron chi connectivity index (χ0n) is 12.0. The maximum absolute atomic E-state index is 6.10. The van der Waals surface area contributed by atoms with Crippen LogP contribution < -0.4 is 10.2 Å². The first-order valence-electron chi connectivity index (χ1n) is 7.56. The summed E-state index contributed by atoms with van der Waals surface area (Å²) in [5.41, 5.74) is 1.68. The van der Waals surface area contributed by atoms with Crippen LogP contribution in [0.4, 0.5) is 5.69 Å². The molecule has 20 heavy (non-hydrogen) atoms. The minimum absolute atomic E-state index is 0.341. The topological polar surface area (TPSA) is 15.3 Å². The first-order valence-corrected chi connectivity index (χ1v) is 9.02. The molecule has 1 unspecified atom stereocenters. The second-order valence-corrected chi connectivity index (χ2v) is 7.89. The van der Waals surface area contributed by atoms with Crippen molar-refractivity contribution in [1.29, 1.82) is 0 Å². The van der Waals surface area contributed by atoms with Gasteiger partial charge in [0.25, 0.3) is 0 Å². The number of benzene rings is 1. The summed E-state index contributed by atoms with van der Waals surface area (Å²) in [7, 11) is 0. The first kappa shape index (κ1) is 14.9. The van der Waals surface area contributed by atoms with Gasteiger partial charge in [0.05, 0.1) is 5.69 Å². The Morgan fingerprint density at radius 3 is 2.75 bits per heavy atom. The van der Waals surface area contributed by atoms with Crippen LogP contribution in [0, 0.1) is 3.57 Å². The molecule has 2 nitrogen and oxygen atoms in total. The van der Waals surface area contributed by atoms with E-state index < -0.39 is 0 Å². The summed E-state index contributed by atoms with van der Waals surface area (Å²) in [5.74, 6) is 0. The summed E-state index contributed by atoms with van der Waals surface area (Å²) in [6.45, 7) is 4.53. The largest absolute Gasteiger partial charge is 0.365 e. The van der Waals surface area contributed by atoms with Crippen LogP contribution in [0.5, 0.6) is 0 Å². The predicted molar refractivity (Wildman–Crippen MR) is 94.8 cm³/mol. The van der Waals surface area contributed by atoms with E-state index in [1.54, 1.807) is 0 Å². The van der Waals surface area contributed by atoms with Gasteiger partial charge in [0.2, 0.25) is 0 Å². The maximum Gasteiger partial charge on any atom is 0.0506 e. The highest BCUT2D eigenvalue weighted by atomic mass is 127. The highest BCUT2D eigenvalue weighted by Gasteiger charge is 2.39. The monoisotopic (exact) mass is 404 g/mol. The van der Waals surface area contributed by atoms with Crippen molar-refractivity contribution in [2.75, 3.05) is 18.0 Å². The van der Waals surface area contributed by atoms with E-state index in [-0.39, 0.29) is 0 Å². The van der Waals surface area contributed by atoms with Crippen LogP contribution in [0.25, 0.3) is 0 Å². The molecule has 0 bridgehead atoms. The number of nitrogens with one attached hydrogen (secondary N) is 1.